The zero-order valence-electron chi connectivity index (χ0n) is 12.9. The highest BCUT2D eigenvalue weighted by Gasteiger charge is 2.15. The number of aryl methyl sites for hydroxylation is 1. The van der Waals surface area contributed by atoms with E-state index >= 15 is 0 Å². The summed E-state index contributed by atoms with van der Waals surface area (Å²) in [6, 6.07) is 1.44. The fraction of sp³-hybridized carbons (Fsp3) is 0.600. The normalized spacial score (nSPS) is 11.0. The van der Waals surface area contributed by atoms with E-state index in [0.29, 0.717) is 18.8 Å². The smallest absolute Gasteiger partial charge is 0.304 e. The van der Waals surface area contributed by atoms with Gasteiger partial charge in [-0.25, -0.2) is 0 Å². The number of carbonyl (C=O) groups is 1. The maximum Gasteiger partial charge on any atom is 0.304 e. The average molecular weight is 296 g/mol. The van der Waals surface area contributed by atoms with E-state index in [9.17, 15) is 14.7 Å². The van der Waals surface area contributed by atoms with Crippen LogP contribution in [-0.2, 0) is 17.9 Å². The van der Waals surface area contributed by atoms with E-state index in [2.05, 4.69) is 6.92 Å². The second-order valence-corrected chi connectivity index (χ2v) is 5.33. The lowest BCUT2D eigenvalue weighted by Crippen LogP contribution is -2.26. The number of aliphatic carboxylic acids is 1. The Labute approximate surface area is 124 Å². The molecule has 21 heavy (non-hydrogen) atoms. The number of unbranched alkanes of at least 4 members (excludes halogenated alkanes) is 1. The molecule has 6 nitrogen and oxygen atoms in total. The molecule has 0 saturated carbocycles. The van der Waals surface area contributed by atoms with Crippen molar-refractivity contribution in [2.24, 2.45) is 0 Å². The molecule has 0 aromatic carbocycles. The Morgan fingerprint density at radius 2 is 2.10 bits per heavy atom. The lowest BCUT2D eigenvalue weighted by molar-refractivity contribution is -0.137. The van der Waals surface area contributed by atoms with Gasteiger partial charge in [0.15, 0.2) is 5.75 Å². The van der Waals surface area contributed by atoms with E-state index in [1.54, 1.807) is 11.9 Å². The Balaban J connectivity index is 3.02. The van der Waals surface area contributed by atoms with Gasteiger partial charge in [0.1, 0.15) is 0 Å². The standard InChI is InChI=1S/C15H24N2O4/c1-4-5-7-17-11(2)9-13(18)15(21)12(17)10-16(3)8-6-14(19)20/h9,21H,4-8,10H2,1-3H3,(H,19,20). The second-order valence-electron chi connectivity index (χ2n) is 5.33. The van der Waals surface area contributed by atoms with Crippen LogP contribution in [0.4, 0.5) is 0 Å². The van der Waals surface area contributed by atoms with Crippen LogP contribution < -0.4 is 5.43 Å². The summed E-state index contributed by atoms with van der Waals surface area (Å²) >= 11 is 0. The first-order valence-corrected chi connectivity index (χ1v) is 7.19. The molecule has 0 bridgehead atoms. The number of aromatic hydroxyl groups is 1. The second kappa shape index (κ2) is 7.83. The van der Waals surface area contributed by atoms with E-state index in [-0.39, 0.29) is 17.6 Å². The van der Waals surface area contributed by atoms with Crippen LogP contribution in [0.25, 0.3) is 0 Å². The highest BCUT2D eigenvalue weighted by molar-refractivity contribution is 5.66. The number of nitrogens with zero attached hydrogens (tertiary/aromatic N) is 2. The highest BCUT2D eigenvalue weighted by atomic mass is 16.4. The Morgan fingerprint density at radius 3 is 2.67 bits per heavy atom. The van der Waals surface area contributed by atoms with Gasteiger partial charge < -0.3 is 14.8 Å². The molecular weight excluding hydrogens is 272 g/mol. The summed E-state index contributed by atoms with van der Waals surface area (Å²) < 4.78 is 1.94. The van der Waals surface area contributed by atoms with E-state index in [0.717, 1.165) is 25.1 Å². The van der Waals surface area contributed by atoms with Crippen molar-refractivity contribution in [3.8, 4) is 5.75 Å². The summed E-state index contributed by atoms with van der Waals surface area (Å²) in [5.74, 6) is -1.10. The molecular formula is C15H24N2O4. The van der Waals surface area contributed by atoms with E-state index in [1.165, 1.54) is 6.07 Å². The van der Waals surface area contributed by atoms with Gasteiger partial charge in [0.2, 0.25) is 5.43 Å². The van der Waals surface area contributed by atoms with Gasteiger partial charge in [0.05, 0.1) is 12.1 Å². The molecule has 1 aromatic rings. The van der Waals surface area contributed by atoms with Crippen molar-refractivity contribution in [3.63, 3.8) is 0 Å². The molecule has 0 aliphatic rings. The van der Waals surface area contributed by atoms with Gasteiger partial charge >= 0.3 is 5.97 Å². The molecule has 0 fully saturated rings. The van der Waals surface area contributed by atoms with E-state index in [4.69, 9.17) is 5.11 Å². The molecule has 0 radical (unpaired) electrons. The van der Waals surface area contributed by atoms with Crippen LogP contribution >= 0.6 is 0 Å². The van der Waals surface area contributed by atoms with Gasteiger partial charge in [-0.2, -0.15) is 0 Å². The zero-order valence-corrected chi connectivity index (χ0v) is 12.9. The lowest BCUT2D eigenvalue weighted by atomic mass is 10.2. The molecule has 118 valence electrons. The monoisotopic (exact) mass is 296 g/mol. The molecule has 6 heteroatoms. The molecule has 0 unspecified atom stereocenters. The predicted octanol–water partition coefficient (Wildman–Crippen LogP) is 1.57. The first-order chi connectivity index (χ1) is 9.86. The SMILES string of the molecule is CCCCn1c(C)cc(=O)c(O)c1CN(C)CCC(=O)O. The number of hydrogen-bond acceptors (Lipinski definition) is 4. The molecule has 1 rings (SSSR count). The molecule has 0 aliphatic heterocycles. The third-order valence-corrected chi connectivity index (χ3v) is 3.46. The fourth-order valence-electron chi connectivity index (χ4n) is 2.23. The summed E-state index contributed by atoms with van der Waals surface area (Å²) in [6.07, 6.45) is 2.00. The molecule has 0 aliphatic carbocycles. The molecule has 1 heterocycles. The van der Waals surface area contributed by atoms with Crippen molar-refractivity contribution in [1.29, 1.82) is 0 Å². The van der Waals surface area contributed by atoms with Gasteiger partial charge in [0, 0.05) is 31.4 Å². The molecule has 0 atom stereocenters. The van der Waals surface area contributed by atoms with Gasteiger partial charge in [0.25, 0.3) is 0 Å². The van der Waals surface area contributed by atoms with Crippen molar-refractivity contribution in [2.75, 3.05) is 13.6 Å². The summed E-state index contributed by atoms with van der Waals surface area (Å²) in [6.45, 7) is 5.37. The quantitative estimate of drug-likeness (QED) is 0.761. The van der Waals surface area contributed by atoms with Crippen molar-refractivity contribution >= 4 is 5.97 Å². The fourth-order valence-corrected chi connectivity index (χ4v) is 2.23. The largest absolute Gasteiger partial charge is 0.503 e. The third kappa shape index (κ3) is 4.90. The summed E-state index contributed by atoms with van der Waals surface area (Å²) in [7, 11) is 1.78. The molecule has 1 aromatic heterocycles. The van der Waals surface area contributed by atoms with Gasteiger partial charge in [-0.15, -0.1) is 0 Å². The highest BCUT2D eigenvalue weighted by Crippen LogP contribution is 2.17. The molecule has 0 amide bonds. The number of aromatic nitrogens is 1. The first kappa shape index (κ1) is 17.2. The summed E-state index contributed by atoms with van der Waals surface area (Å²) in [4.78, 5) is 24.2. The number of pyridine rings is 1. The van der Waals surface area contributed by atoms with Crippen LogP contribution in [-0.4, -0.2) is 39.2 Å². The van der Waals surface area contributed by atoms with Gasteiger partial charge in [-0.05, 0) is 20.4 Å². The molecule has 0 saturated heterocycles. The Morgan fingerprint density at radius 1 is 1.43 bits per heavy atom. The van der Waals surface area contributed by atoms with Gasteiger partial charge in [-0.3, -0.25) is 14.5 Å². The van der Waals surface area contributed by atoms with Crippen LogP contribution in [0.2, 0.25) is 0 Å². The first-order valence-electron chi connectivity index (χ1n) is 7.19. The van der Waals surface area contributed by atoms with Crippen molar-refractivity contribution in [2.45, 2.75) is 46.2 Å². The number of carboxylic acids is 1. The zero-order chi connectivity index (χ0) is 16.0. The lowest BCUT2D eigenvalue weighted by Gasteiger charge is -2.22. The van der Waals surface area contributed by atoms with Crippen molar-refractivity contribution in [1.82, 2.24) is 9.47 Å². The minimum atomic E-state index is -0.862. The molecule has 0 spiro atoms. The summed E-state index contributed by atoms with van der Waals surface area (Å²) in [5, 5.41) is 18.8. The minimum Gasteiger partial charge on any atom is -0.503 e. The van der Waals surface area contributed by atoms with Crippen LogP contribution in [0.1, 0.15) is 37.6 Å². The average Bonchev–Trinajstić information content (AvgIpc) is 2.41. The van der Waals surface area contributed by atoms with E-state index < -0.39 is 5.97 Å². The number of hydrogen-bond donors (Lipinski definition) is 2. The Hall–Kier alpha value is -1.82. The predicted molar refractivity (Wildman–Crippen MR) is 80.6 cm³/mol. The summed E-state index contributed by atoms with van der Waals surface area (Å²) in [5.41, 5.74) is 0.983. The van der Waals surface area contributed by atoms with Gasteiger partial charge in [-0.1, -0.05) is 13.3 Å². The third-order valence-electron chi connectivity index (χ3n) is 3.46. The van der Waals surface area contributed by atoms with Crippen LogP contribution in [0, 0.1) is 6.92 Å². The van der Waals surface area contributed by atoms with Crippen LogP contribution in [0.3, 0.4) is 0 Å². The Kier molecular flexibility index (Phi) is 6.42. The van der Waals surface area contributed by atoms with Crippen LogP contribution in [0.15, 0.2) is 10.9 Å². The van der Waals surface area contributed by atoms with E-state index in [1.807, 2.05) is 11.5 Å². The van der Waals surface area contributed by atoms with Crippen molar-refractivity contribution in [3.05, 3.63) is 27.7 Å². The van der Waals surface area contributed by atoms with Crippen molar-refractivity contribution < 1.29 is 15.0 Å². The maximum absolute atomic E-state index is 11.8. The number of rotatable bonds is 8. The Bertz CT molecular complexity index is 551. The number of carboxylic acid groups (broad SMARTS) is 1. The minimum absolute atomic E-state index is 0.0300. The molecule has 2 N–H and O–H groups in total. The van der Waals surface area contributed by atoms with Crippen LogP contribution in [0.5, 0.6) is 5.75 Å². The topological polar surface area (TPSA) is 82.8 Å². The maximum atomic E-state index is 11.8.